The van der Waals surface area contributed by atoms with E-state index in [1.807, 2.05) is 42.7 Å². The van der Waals surface area contributed by atoms with Crippen molar-refractivity contribution in [2.45, 2.75) is 44.7 Å². The van der Waals surface area contributed by atoms with Crippen molar-refractivity contribution in [1.82, 2.24) is 24.8 Å². The molecule has 8 heteroatoms. The number of benzene rings is 1. The van der Waals surface area contributed by atoms with Gasteiger partial charge in [-0.2, -0.15) is 0 Å². The van der Waals surface area contributed by atoms with Gasteiger partial charge >= 0.3 is 0 Å². The van der Waals surface area contributed by atoms with E-state index in [-0.39, 0.29) is 6.04 Å². The fraction of sp³-hybridized carbons (Fsp3) is 0.417. The van der Waals surface area contributed by atoms with Crippen LogP contribution in [-0.4, -0.2) is 44.5 Å². The summed E-state index contributed by atoms with van der Waals surface area (Å²) in [7, 11) is 0. The van der Waals surface area contributed by atoms with Crippen LogP contribution in [0.5, 0.6) is 0 Å². The molecule has 0 spiro atoms. The Hall–Kier alpha value is -2.77. The summed E-state index contributed by atoms with van der Waals surface area (Å²) in [6.45, 7) is 3.84. The Kier molecular flexibility index (Phi) is 6.19. The van der Waals surface area contributed by atoms with E-state index in [9.17, 15) is 0 Å². The monoisotopic (exact) mass is 449 g/mol. The third-order valence-electron chi connectivity index (χ3n) is 6.38. The molecule has 32 heavy (non-hydrogen) atoms. The molecule has 2 aliphatic rings. The molecule has 3 aromatic rings. The first-order valence-corrected chi connectivity index (χ1v) is 11.7. The number of halogens is 1. The van der Waals surface area contributed by atoms with Crippen LogP contribution < -0.4 is 10.6 Å². The highest BCUT2D eigenvalue weighted by Gasteiger charge is 2.29. The van der Waals surface area contributed by atoms with Crippen molar-refractivity contribution in [3.63, 3.8) is 0 Å². The molecule has 1 unspecified atom stereocenters. The van der Waals surface area contributed by atoms with Gasteiger partial charge < -0.3 is 10.6 Å². The summed E-state index contributed by atoms with van der Waals surface area (Å²) in [6.07, 6.45) is 9.50. The van der Waals surface area contributed by atoms with Crippen molar-refractivity contribution < 1.29 is 0 Å². The lowest BCUT2D eigenvalue weighted by atomic mass is 9.93. The minimum Gasteiger partial charge on any atom is -0.368 e. The summed E-state index contributed by atoms with van der Waals surface area (Å²) >= 11 is 6.11. The van der Waals surface area contributed by atoms with Crippen LogP contribution in [0.3, 0.4) is 0 Å². The molecule has 1 atom stereocenters. The fourth-order valence-corrected chi connectivity index (χ4v) is 4.88. The normalized spacial score (nSPS) is 19.4. The molecule has 7 nitrogen and oxygen atoms in total. The number of nitrogen functional groups attached to an aromatic ring is 1. The van der Waals surface area contributed by atoms with Gasteiger partial charge in [0.25, 0.3) is 0 Å². The van der Waals surface area contributed by atoms with Crippen molar-refractivity contribution >= 4 is 23.5 Å². The molecular weight excluding hydrogens is 422 g/mol. The van der Waals surface area contributed by atoms with Gasteiger partial charge in [-0.1, -0.05) is 30.2 Å². The first-order valence-electron chi connectivity index (χ1n) is 11.4. The SMILES string of the molecule is Nc1ncc(-c2ccc(Cl)cc2)c(C2CCCCN2Cc2ccnc(N3CCCC3)n2)n1. The number of rotatable bonds is 5. The first-order chi connectivity index (χ1) is 15.7. The Balaban J connectivity index is 1.45. The lowest BCUT2D eigenvalue weighted by molar-refractivity contribution is 0.136. The molecule has 2 aliphatic heterocycles. The third-order valence-corrected chi connectivity index (χ3v) is 6.63. The van der Waals surface area contributed by atoms with Crippen molar-refractivity contribution in [1.29, 1.82) is 0 Å². The molecule has 2 fully saturated rings. The Morgan fingerprint density at radius 3 is 2.53 bits per heavy atom. The van der Waals surface area contributed by atoms with Gasteiger partial charge in [-0.25, -0.2) is 19.9 Å². The van der Waals surface area contributed by atoms with Gasteiger partial charge in [-0.3, -0.25) is 4.90 Å². The zero-order valence-corrected chi connectivity index (χ0v) is 18.9. The highest BCUT2D eigenvalue weighted by molar-refractivity contribution is 6.30. The maximum Gasteiger partial charge on any atom is 0.225 e. The van der Waals surface area contributed by atoms with Crippen LogP contribution >= 0.6 is 11.6 Å². The van der Waals surface area contributed by atoms with E-state index >= 15 is 0 Å². The minimum atomic E-state index is 0.157. The number of aromatic nitrogens is 4. The molecule has 0 saturated carbocycles. The molecular formula is C24H28ClN7. The Labute approximate surface area is 193 Å². The summed E-state index contributed by atoms with van der Waals surface area (Å²) in [5, 5.41) is 0.712. The molecule has 0 aliphatic carbocycles. The summed E-state index contributed by atoms with van der Waals surface area (Å²) in [4.78, 5) is 23.2. The van der Waals surface area contributed by atoms with E-state index < -0.39 is 0 Å². The first kappa shape index (κ1) is 21.1. The molecule has 2 N–H and O–H groups in total. The predicted molar refractivity (Wildman–Crippen MR) is 127 cm³/mol. The van der Waals surface area contributed by atoms with E-state index in [2.05, 4.69) is 19.8 Å². The van der Waals surface area contributed by atoms with Crippen LogP contribution in [0.2, 0.25) is 5.02 Å². The van der Waals surface area contributed by atoms with Crippen LogP contribution in [0.15, 0.2) is 42.7 Å². The van der Waals surface area contributed by atoms with Gasteiger partial charge in [0.2, 0.25) is 11.9 Å². The van der Waals surface area contributed by atoms with Crippen LogP contribution in [0.1, 0.15) is 49.5 Å². The van der Waals surface area contributed by atoms with Gasteiger partial charge in [-0.15, -0.1) is 0 Å². The van der Waals surface area contributed by atoms with Crippen LogP contribution in [-0.2, 0) is 6.54 Å². The molecule has 2 aromatic heterocycles. The number of likely N-dealkylation sites (tertiary alicyclic amines) is 1. The lowest BCUT2D eigenvalue weighted by Crippen LogP contribution is -2.34. The van der Waals surface area contributed by atoms with Crippen LogP contribution in [0, 0.1) is 0 Å². The van der Waals surface area contributed by atoms with E-state index in [0.29, 0.717) is 11.0 Å². The molecule has 2 saturated heterocycles. The molecule has 166 valence electrons. The van der Waals surface area contributed by atoms with E-state index in [1.165, 1.54) is 12.8 Å². The maximum atomic E-state index is 6.11. The summed E-state index contributed by atoms with van der Waals surface area (Å²) in [5.74, 6) is 1.16. The van der Waals surface area contributed by atoms with Gasteiger partial charge in [0.05, 0.1) is 17.4 Å². The van der Waals surface area contributed by atoms with Crippen LogP contribution in [0.25, 0.3) is 11.1 Å². The average molecular weight is 450 g/mol. The molecule has 0 amide bonds. The second-order valence-electron chi connectivity index (χ2n) is 8.56. The Morgan fingerprint density at radius 1 is 0.938 bits per heavy atom. The number of piperidine rings is 1. The number of anilines is 2. The molecule has 0 radical (unpaired) electrons. The molecule has 1 aromatic carbocycles. The number of nitrogens with zero attached hydrogens (tertiary/aromatic N) is 6. The zero-order chi connectivity index (χ0) is 21.9. The van der Waals surface area contributed by atoms with Crippen molar-refractivity contribution in [3.8, 4) is 11.1 Å². The van der Waals surface area contributed by atoms with E-state index in [1.54, 1.807) is 0 Å². The van der Waals surface area contributed by atoms with Gasteiger partial charge in [0.15, 0.2) is 0 Å². The summed E-state index contributed by atoms with van der Waals surface area (Å²) in [6, 6.07) is 10.0. The van der Waals surface area contributed by atoms with Crippen molar-refractivity contribution in [3.05, 3.63) is 59.1 Å². The number of hydrogen-bond donors (Lipinski definition) is 1. The average Bonchev–Trinajstić information content (AvgIpc) is 3.36. The zero-order valence-electron chi connectivity index (χ0n) is 18.1. The predicted octanol–water partition coefficient (Wildman–Crippen LogP) is 4.50. The number of nitrogens with two attached hydrogens (primary N) is 1. The molecule has 4 heterocycles. The Morgan fingerprint density at radius 2 is 1.72 bits per heavy atom. The molecule has 5 rings (SSSR count). The lowest BCUT2D eigenvalue weighted by Gasteiger charge is -2.36. The quantitative estimate of drug-likeness (QED) is 0.613. The molecule has 0 bridgehead atoms. The van der Waals surface area contributed by atoms with Gasteiger partial charge in [0, 0.05) is 42.6 Å². The fourth-order valence-electron chi connectivity index (χ4n) is 4.76. The van der Waals surface area contributed by atoms with Crippen LogP contribution in [0.4, 0.5) is 11.9 Å². The topological polar surface area (TPSA) is 84.1 Å². The standard InChI is InChI=1S/C24H28ClN7/c25-18-8-6-17(7-9-18)20-15-28-23(26)30-22(20)21-5-1-2-14-32(21)16-19-10-11-27-24(29-19)31-12-3-4-13-31/h6-11,15,21H,1-5,12-14,16H2,(H2,26,28,30). The largest absolute Gasteiger partial charge is 0.368 e. The van der Waals surface area contributed by atoms with E-state index in [4.69, 9.17) is 27.3 Å². The Bertz CT molecular complexity index is 1070. The summed E-state index contributed by atoms with van der Waals surface area (Å²) < 4.78 is 0. The number of hydrogen-bond acceptors (Lipinski definition) is 7. The smallest absolute Gasteiger partial charge is 0.225 e. The summed E-state index contributed by atoms with van der Waals surface area (Å²) in [5.41, 5.74) is 10.1. The minimum absolute atomic E-state index is 0.157. The highest BCUT2D eigenvalue weighted by Crippen LogP contribution is 2.37. The van der Waals surface area contributed by atoms with E-state index in [0.717, 1.165) is 73.9 Å². The second-order valence-corrected chi connectivity index (χ2v) is 8.99. The van der Waals surface area contributed by atoms with Crippen molar-refractivity contribution in [2.75, 3.05) is 30.3 Å². The van der Waals surface area contributed by atoms with Gasteiger partial charge in [-0.05, 0) is 56.0 Å². The second kappa shape index (κ2) is 9.38. The van der Waals surface area contributed by atoms with Gasteiger partial charge in [0.1, 0.15) is 0 Å². The van der Waals surface area contributed by atoms with Crippen molar-refractivity contribution in [2.24, 2.45) is 0 Å². The maximum absolute atomic E-state index is 6.11. The highest BCUT2D eigenvalue weighted by atomic mass is 35.5. The third kappa shape index (κ3) is 4.54.